The molecule has 5 nitrogen and oxygen atoms in total. The zero-order chi connectivity index (χ0) is 16.5. The largest absolute Gasteiger partial charge is 0.493 e. The second-order valence-corrected chi connectivity index (χ2v) is 5.79. The van der Waals surface area contributed by atoms with Crippen molar-refractivity contribution in [3.63, 3.8) is 0 Å². The summed E-state index contributed by atoms with van der Waals surface area (Å²) >= 11 is 0. The van der Waals surface area contributed by atoms with Gasteiger partial charge >= 0.3 is 0 Å². The molecule has 1 aliphatic heterocycles. The van der Waals surface area contributed by atoms with Crippen molar-refractivity contribution >= 4 is 11.6 Å². The number of rotatable bonds is 8. The molecule has 0 aliphatic carbocycles. The molecular weight excluding hydrogens is 292 g/mol. The average molecular weight is 318 g/mol. The van der Waals surface area contributed by atoms with Gasteiger partial charge in [-0.3, -0.25) is 4.79 Å². The fraction of sp³-hybridized carbons (Fsp3) is 0.500. The standard InChI is InChI=1S/C18H26N2O3/c1-3-10-19-18(21)14(2)20-16-4-6-17(7-5-16)23-13-15-8-11-22-12-9-15/h3-7,14-15,20H,1,8-13H2,2H3,(H,19,21). The van der Waals surface area contributed by atoms with E-state index in [1.807, 2.05) is 31.2 Å². The zero-order valence-corrected chi connectivity index (χ0v) is 13.7. The minimum Gasteiger partial charge on any atom is -0.493 e. The van der Waals surface area contributed by atoms with Crippen LogP contribution in [0.15, 0.2) is 36.9 Å². The first-order chi connectivity index (χ1) is 11.2. The third-order valence-electron chi connectivity index (χ3n) is 3.88. The molecule has 1 amide bonds. The van der Waals surface area contributed by atoms with Crippen LogP contribution in [0.3, 0.4) is 0 Å². The lowest BCUT2D eigenvalue weighted by atomic mass is 10.0. The number of nitrogens with one attached hydrogen (secondary N) is 2. The smallest absolute Gasteiger partial charge is 0.242 e. The molecule has 1 unspecified atom stereocenters. The van der Waals surface area contributed by atoms with Crippen LogP contribution in [0, 0.1) is 5.92 Å². The molecular formula is C18H26N2O3. The van der Waals surface area contributed by atoms with Gasteiger partial charge in [-0.1, -0.05) is 6.08 Å². The Morgan fingerprint density at radius 1 is 1.39 bits per heavy atom. The van der Waals surface area contributed by atoms with Crippen LogP contribution in [-0.4, -0.2) is 38.3 Å². The van der Waals surface area contributed by atoms with Gasteiger partial charge < -0.3 is 20.1 Å². The topological polar surface area (TPSA) is 59.6 Å². The monoisotopic (exact) mass is 318 g/mol. The third-order valence-corrected chi connectivity index (χ3v) is 3.88. The van der Waals surface area contributed by atoms with Gasteiger partial charge in [-0.15, -0.1) is 6.58 Å². The molecule has 1 heterocycles. The normalized spacial score (nSPS) is 16.4. The van der Waals surface area contributed by atoms with Gasteiger partial charge in [0.05, 0.1) is 6.61 Å². The van der Waals surface area contributed by atoms with E-state index in [0.29, 0.717) is 12.5 Å². The minimum atomic E-state index is -0.302. The van der Waals surface area contributed by atoms with E-state index in [1.165, 1.54) is 0 Å². The molecule has 1 fully saturated rings. The Labute approximate surface area is 138 Å². The third kappa shape index (κ3) is 5.94. The molecule has 1 aliphatic rings. The van der Waals surface area contributed by atoms with Crippen LogP contribution in [-0.2, 0) is 9.53 Å². The highest BCUT2D eigenvalue weighted by molar-refractivity contribution is 5.84. The summed E-state index contributed by atoms with van der Waals surface area (Å²) in [6.07, 6.45) is 3.79. The summed E-state index contributed by atoms with van der Waals surface area (Å²) in [5.74, 6) is 1.38. The van der Waals surface area contributed by atoms with Crippen LogP contribution in [0.2, 0.25) is 0 Å². The molecule has 1 atom stereocenters. The van der Waals surface area contributed by atoms with Gasteiger partial charge in [-0.05, 0) is 49.9 Å². The van der Waals surface area contributed by atoms with Crippen molar-refractivity contribution in [2.24, 2.45) is 5.92 Å². The first-order valence-electron chi connectivity index (χ1n) is 8.15. The van der Waals surface area contributed by atoms with Gasteiger partial charge in [0.15, 0.2) is 0 Å². The van der Waals surface area contributed by atoms with Crippen molar-refractivity contribution in [3.8, 4) is 5.75 Å². The average Bonchev–Trinajstić information content (AvgIpc) is 2.60. The van der Waals surface area contributed by atoms with Crippen LogP contribution in [0.1, 0.15) is 19.8 Å². The van der Waals surface area contributed by atoms with Gasteiger partial charge in [0.1, 0.15) is 11.8 Å². The van der Waals surface area contributed by atoms with Gasteiger partial charge in [0.25, 0.3) is 0 Å². The summed E-state index contributed by atoms with van der Waals surface area (Å²) in [6.45, 7) is 8.29. The van der Waals surface area contributed by atoms with Crippen LogP contribution in [0.25, 0.3) is 0 Å². The van der Waals surface area contributed by atoms with E-state index < -0.39 is 0 Å². The highest BCUT2D eigenvalue weighted by Gasteiger charge is 2.14. The number of hydrogen-bond donors (Lipinski definition) is 2. The van der Waals surface area contributed by atoms with Crippen molar-refractivity contribution in [2.45, 2.75) is 25.8 Å². The lowest BCUT2D eigenvalue weighted by molar-refractivity contribution is -0.121. The van der Waals surface area contributed by atoms with E-state index in [4.69, 9.17) is 9.47 Å². The summed E-state index contributed by atoms with van der Waals surface area (Å²) in [4.78, 5) is 11.8. The van der Waals surface area contributed by atoms with E-state index in [0.717, 1.165) is 44.1 Å². The van der Waals surface area contributed by atoms with Crippen LogP contribution in [0.5, 0.6) is 5.75 Å². The molecule has 0 saturated carbocycles. The second-order valence-electron chi connectivity index (χ2n) is 5.79. The maximum atomic E-state index is 11.8. The van der Waals surface area contributed by atoms with Crippen LogP contribution >= 0.6 is 0 Å². The van der Waals surface area contributed by atoms with Crippen LogP contribution in [0.4, 0.5) is 5.69 Å². The zero-order valence-electron chi connectivity index (χ0n) is 13.7. The molecule has 1 aromatic carbocycles. The predicted octanol–water partition coefficient (Wildman–Crippen LogP) is 2.59. The second kappa shape index (κ2) is 9.20. The Kier molecular flexibility index (Phi) is 6.94. The molecule has 126 valence electrons. The Balaban J connectivity index is 1.77. The number of amides is 1. The lowest BCUT2D eigenvalue weighted by Gasteiger charge is -2.22. The number of anilines is 1. The van der Waals surface area contributed by atoms with Crippen molar-refractivity contribution in [1.29, 1.82) is 0 Å². The molecule has 1 aromatic rings. The Morgan fingerprint density at radius 2 is 2.09 bits per heavy atom. The number of carbonyl (C=O) groups is 1. The summed E-state index contributed by atoms with van der Waals surface area (Å²) < 4.78 is 11.2. The number of benzene rings is 1. The van der Waals surface area contributed by atoms with E-state index in [1.54, 1.807) is 6.08 Å². The Bertz CT molecular complexity index is 495. The summed E-state index contributed by atoms with van der Waals surface area (Å²) in [5, 5.41) is 5.93. The van der Waals surface area contributed by atoms with Crippen molar-refractivity contribution in [1.82, 2.24) is 5.32 Å². The van der Waals surface area contributed by atoms with Gasteiger partial charge in [0.2, 0.25) is 5.91 Å². The molecule has 0 radical (unpaired) electrons. The molecule has 23 heavy (non-hydrogen) atoms. The van der Waals surface area contributed by atoms with Gasteiger partial charge in [0, 0.05) is 25.4 Å². The highest BCUT2D eigenvalue weighted by atomic mass is 16.5. The number of carbonyl (C=O) groups excluding carboxylic acids is 1. The molecule has 1 saturated heterocycles. The fourth-order valence-electron chi connectivity index (χ4n) is 2.42. The first kappa shape index (κ1) is 17.3. The first-order valence-corrected chi connectivity index (χ1v) is 8.15. The predicted molar refractivity (Wildman–Crippen MR) is 91.8 cm³/mol. The van der Waals surface area contributed by atoms with Gasteiger partial charge in [-0.2, -0.15) is 0 Å². The number of hydrogen-bond acceptors (Lipinski definition) is 4. The van der Waals surface area contributed by atoms with E-state index >= 15 is 0 Å². The quantitative estimate of drug-likeness (QED) is 0.723. The van der Waals surface area contributed by atoms with E-state index in [-0.39, 0.29) is 11.9 Å². The molecule has 0 bridgehead atoms. The molecule has 0 spiro atoms. The highest BCUT2D eigenvalue weighted by Crippen LogP contribution is 2.20. The summed E-state index contributed by atoms with van der Waals surface area (Å²) in [5.41, 5.74) is 0.893. The SMILES string of the molecule is C=CCNC(=O)C(C)Nc1ccc(OCC2CCOCC2)cc1. The van der Waals surface area contributed by atoms with E-state index in [2.05, 4.69) is 17.2 Å². The van der Waals surface area contributed by atoms with E-state index in [9.17, 15) is 4.79 Å². The Morgan fingerprint density at radius 3 is 2.74 bits per heavy atom. The minimum absolute atomic E-state index is 0.0512. The number of ether oxygens (including phenoxy) is 2. The summed E-state index contributed by atoms with van der Waals surface area (Å²) in [7, 11) is 0. The molecule has 5 heteroatoms. The fourth-order valence-corrected chi connectivity index (χ4v) is 2.42. The van der Waals surface area contributed by atoms with Crippen molar-refractivity contribution in [2.75, 3.05) is 31.7 Å². The Hall–Kier alpha value is -2.01. The maximum Gasteiger partial charge on any atom is 0.242 e. The van der Waals surface area contributed by atoms with Gasteiger partial charge in [-0.25, -0.2) is 0 Å². The van der Waals surface area contributed by atoms with Crippen LogP contribution < -0.4 is 15.4 Å². The van der Waals surface area contributed by atoms with Crippen molar-refractivity contribution < 1.29 is 14.3 Å². The molecule has 0 aromatic heterocycles. The maximum absolute atomic E-state index is 11.8. The lowest BCUT2D eigenvalue weighted by Crippen LogP contribution is -2.37. The molecule has 2 rings (SSSR count). The van der Waals surface area contributed by atoms with Crippen molar-refractivity contribution in [3.05, 3.63) is 36.9 Å². The molecule has 2 N–H and O–H groups in total. The summed E-state index contributed by atoms with van der Waals surface area (Å²) in [6, 6.07) is 7.41.